The minimum absolute atomic E-state index is 0.299. The van der Waals surface area contributed by atoms with Crippen LogP contribution >= 0.6 is 0 Å². The number of hydrogen-bond acceptors (Lipinski definition) is 2. The lowest BCUT2D eigenvalue weighted by atomic mass is 9.91. The van der Waals surface area contributed by atoms with Crippen molar-refractivity contribution in [1.82, 2.24) is 4.90 Å². The van der Waals surface area contributed by atoms with Crippen LogP contribution in [0.25, 0.3) is 0 Å². The van der Waals surface area contributed by atoms with Gasteiger partial charge in [0.2, 0.25) is 0 Å². The average Bonchev–Trinajstić information content (AvgIpc) is 2.69. The van der Waals surface area contributed by atoms with E-state index in [0.717, 1.165) is 24.5 Å². The van der Waals surface area contributed by atoms with Crippen molar-refractivity contribution in [3.63, 3.8) is 0 Å². The van der Waals surface area contributed by atoms with E-state index in [4.69, 9.17) is 5.73 Å². The molecular weight excluding hydrogens is 184 g/mol. The van der Waals surface area contributed by atoms with Crippen molar-refractivity contribution in [3.05, 3.63) is 0 Å². The van der Waals surface area contributed by atoms with Crippen molar-refractivity contribution in [2.24, 2.45) is 17.1 Å². The van der Waals surface area contributed by atoms with E-state index in [0.29, 0.717) is 11.0 Å². The van der Waals surface area contributed by atoms with Crippen LogP contribution in [0.3, 0.4) is 0 Å². The van der Waals surface area contributed by atoms with Crippen LogP contribution in [0.5, 0.6) is 0 Å². The quantitative estimate of drug-likeness (QED) is 0.757. The maximum absolute atomic E-state index is 5.95. The molecule has 2 fully saturated rings. The Balaban J connectivity index is 2.21. The number of piperidine rings is 1. The third-order valence-electron chi connectivity index (χ3n) is 4.41. The van der Waals surface area contributed by atoms with Crippen molar-refractivity contribution in [2.75, 3.05) is 6.54 Å². The Morgan fingerprint density at radius 3 is 2.27 bits per heavy atom. The number of rotatable bonds is 2. The van der Waals surface area contributed by atoms with Gasteiger partial charge in [0.1, 0.15) is 0 Å². The highest BCUT2D eigenvalue weighted by Crippen LogP contribution is 2.61. The normalized spacial score (nSPS) is 41.0. The van der Waals surface area contributed by atoms with Crippen LogP contribution in [0, 0.1) is 11.3 Å². The summed E-state index contributed by atoms with van der Waals surface area (Å²) in [7, 11) is 0. The molecule has 1 saturated carbocycles. The van der Waals surface area contributed by atoms with Gasteiger partial charge >= 0.3 is 0 Å². The molecule has 88 valence electrons. The lowest BCUT2D eigenvalue weighted by Crippen LogP contribution is -2.48. The molecule has 0 spiro atoms. The van der Waals surface area contributed by atoms with Crippen LogP contribution in [0.1, 0.15) is 47.5 Å². The number of nitrogens with zero attached hydrogens (tertiary/aromatic N) is 1. The van der Waals surface area contributed by atoms with Gasteiger partial charge in [0.05, 0.1) is 0 Å². The number of hydrogen-bond donors (Lipinski definition) is 1. The van der Waals surface area contributed by atoms with E-state index >= 15 is 0 Å². The van der Waals surface area contributed by atoms with Crippen molar-refractivity contribution in [2.45, 2.75) is 65.1 Å². The molecule has 1 saturated heterocycles. The minimum Gasteiger partial charge on any atom is -0.330 e. The van der Waals surface area contributed by atoms with E-state index in [1.165, 1.54) is 12.8 Å². The summed E-state index contributed by atoms with van der Waals surface area (Å²) in [5.74, 6) is 0.750. The summed E-state index contributed by atoms with van der Waals surface area (Å²) in [6.07, 6.45) is 2.66. The fraction of sp³-hybridized carbons (Fsp3) is 1.00. The Bertz CT molecular complexity index is 254. The summed E-state index contributed by atoms with van der Waals surface area (Å²) in [5.41, 5.74) is 6.74. The molecule has 2 rings (SSSR count). The van der Waals surface area contributed by atoms with Crippen LogP contribution in [0.2, 0.25) is 0 Å². The average molecular weight is 210 g/mol. The Morgan fingerprint density at radius 1 is 1.33 bits per heavy atom. The van der Waals surface area contributed by atoms with Gasteiger partial charge in [-0.15, -0.1) is 0 Å². The van der Waals surface area contributed by atoms with E-state index in [1.807, 2.05) is 0 Å². The Labute approximate surface area is 94.2 Å². The van der Waals surface area contributed by atoms with Crippen molar-refractivity contribution in [1.29, 1.82) is 0 Å². The van der Waals surface area contributed by atoms with E-state index in [9.17, 15) is 0 Å². The van der Waals surface area contributed by atoms with Gasteiger partial charge in [-0.2, -0.15) is 0 Å². The standard InChI is InChI=1S/C13H26N2/c1-9(2)10-6-13(8-14)7-11(13)15(10)12(3,4)5/h9-11H,6-8,14H2,1-5H3/t10?,11-,13+/m0/s1. The zero-order chi connectivity index (χ0) is 11.4. The highest BCUT2D eigenvalue weighted by Gasteiger charge is 2.65. The summed E-state index contributed by atoms with van der Waals surface area (Å²) < 4.78 is 0. The molecule has 2 nitrogen and oxygen atoms in total. The van der Waals surface area contributed by atoms with Crippen LogP contribution < -0.4 is 5.73 Å². The molecule has 0 bridgehead atoms. The number of nitrogens with two attached hydrogens (primary N) is 1. The molecule has 1 aliphatic heterocycles. The zero-order valence-corrected chi connectivity index (χ0v) is 10.9. The second-order valence-electron chi connectivity index (χ2n) is 6.88. The van der Waals surface area contributed by atoms with Gasteiger partial charge in [-0.05, 0) is 46.1 Å². The summed E-state index contributed by atoms with van der Waals surface area (Å²) in [4.78, 5) is 2.74. The third kappa shape index (κ3) is 1.62. The molecule has 1 heterocycles. The molecule has 0 amide bonds. The summed E-state index contributed by atoms with van der Waals surface area (Å²) in [6, 6.07) is 1.52. The van der Waals surface area contributed by atoms with Crippen LogP contribution in [-0.2, 0) is 0 Å². The Kier molecular flexibility index (Phi) is 2.44. The number of fused-ring (bicyclic) bond motifs is 1. The molecule has 0 aromatic rings. The largest absolute Gasteiger partial charge is 0.330 e. The molecule has 2 N–H and O–H groups in total. The maximum atomic E-state index is 5.95. The lowest BCUT2D eigenvalue weighted by molar-refractivity contribution is 0.0713. The fourth-order valence-electron chi connectivity index (χ4n) is 3.51. The SMILES string of the molecule is CC(C)C1C[C@]2(CN)C[C@@H]2N1C(C)(C)C. The Hall–Kier alpha value is -0.0800. The molecule has 0 aromatic carbocycles. The van der Waals surface area contributed by atoms with Crippen LogP contribution in [0.4, 0.5) is 0 Å². The molecule has 3 atom stereocenters. The first-order valence-electron chi connectivity index (χ1n) is 6.30. The van der Waals surface area contributed by atoms with Gasteiger partial charge in [0.25, 0.3) is 0 Å². The van der Waals surface area contributed by atoms with Gasteiger partial charge in [0.15, 0.2) is 0 Å². The number of likely N-dealkylation sites (tertiary alicyclic amines) is 1. The van der Waals surface area contributed by atoms with Crippen LogP contribution in [-0.4, -0.2) is 29.1 Å². The van der Waals surface area contributed by atoms with E-state index < -0.39 is 0 Å². The molecule has 0 aromatic heterocycles. The predicted octanol–water partition coefficient (Wildman–Crippen LogP) is 2.23. The summed E-state index contributed by atoms with van der Waals surface area (Å²) in [5, 5.41) is 0. The molecule has 2 heteroatoms. The minimum atomic E-state index is 0.299. The van der Waals surface area contributed by atoms with Crippen molar-refractivity contribution >= 4 is 0 Å². The summed E-state index contributed by atoms with van der Waals surface area (Å²) >= 11 is 0. The van der Waals surface area contributed by atoms with E-state index in [1.54, 1.807) is 0 Å². The first kappa shape index (κ1) is 11.4. The van der Waals surface area contributed by atoms with Crippen molar-refractivity contribution < 1.29 is 0 Å². The second-order valence-corrected chi connectivity index (χ2v) is 6.88. The van der Waals surface area contributed by atoms with Crippen LogP contribution in [0.15, 0.2) is 0 Å². The highest BCUT2D eigenvalue weighted by molar-refractivity contribution is 5.19. The lowest BCUT2D eigenvalue weighted by Gasteiger charge is -2.41. The first-order valence-corrected chi connectivity index (χ1v) is 6.30. The monoisotopic (exact) mass is 210 g/mol. The highest BCUT2D eigenvalue weighted by atomic mass is 15.3. The first-order chi connectivity index (χ1) is 6.82. The molecule has 2 aliphatic rings. The van der Waals surface area contributed by atoms with Gasteiger partial charge < -0.3 is 5.73 Å². The van der Waals surface area contributed by atoms with Gasteiger partial charge in [-0.1, -0.05) is 13.8 Å². The van der Waals surface area contributed by atoms with Gasteiger partial charge in [0, 0.05) is 23.0 Å². The fourth-order valence-corrected chi connectivity index (χ4v) is 3.51. The topological polar surface area (TPSA) is 29.3 Å². The molecular formula is C13H26N2. The van der Waals surface area contributed by atoms with E-state index in [-0.39, 0.29) is 0 Å². The third-order valence-corrected chi connectivity index (χ3v) is 4.41. The molecule has 15 heavy (non-hydrogen) atoms. The molecule has 0 radical (unpaired) electrons. The zero-order valence-electron chi connectivity index (χ0n) is 10.9. The summed E-state index contributed by atoms with van der Waals surface area (Å²) in [6.45, 7) is 12.6. The van der Waals surface area contributed by atoms with E-state index in [2.05, 4.69) is 39.5 Å². The molecule has 1 unspecified atom stereocenters. The van der Waals surface area contributed by atoms with Gasteiger partial charge in [-0.3, -0.25) is 4.90 Å². The molecule has 1 aliphatic carbocycles. The maximum Gasteiger partial charge on any atom is 0.0179 e. The van der Waals surface area contributed by atoms with Crippen molar-refractivity contribution in [3.8, 4) is 0 Å². The predicted molar refractivity (Wildman–Crippen MR) is 64.7 cm³/mol. The smallest absolute Gasteiger partial charge is 0.0179 e. The second kappa shape index (κ2) is 3.21. The van der Waals surface area contributed by atoms with Gasteiger partial charge in [-0.25, -0.2) is 0 Å². The Morgan fingerprint density at radius 2 is 1.93 bits per heavy atom.